The summed E-state index contributed by atoms with van der Waals surface area (Å²) in [5.74, 6) is -0.570. The maximum Gasteiger partial charge on any atom is 0.417 e. The molecule has 0 bridgehead atoms. The average Bonchev–Trinajstić information content (AvgIpc) is 3.83. The van der Waals surface area contributed by atoms with Crippen LogP contribution >= 0.6 is 0 Å². The third-order valence-electron chi connectivity index (χ3n) is 12.0. The number of para-hydroxylation sites is 1. The lowest BCUT2D eigenvalue weighted by Crippen LogP contribution is -2.51. The van der Waals surface area contributed by atoms with Crippen LogP contribution in [0, 0.1) is 12.8 Å². The fraction of sp³-hybridized carbons (Fsp3) is 0.614. The number of nitrogens with zero attached hydrogens (tertiary/aromatic N) is 5. The zero-order chi connectivity index (χ0) is 41.3. The largest absolute Gasteiger partial charge is 0.464 e. The first-order valence-corrected chi connectivity index (χ1v) is 20.9. The number of aromatic amines is 1. The number of amides is 4. The Kier molecular flexibility index (Phi) is 16.0. The molecule has 1 aromatic heterocycles. The Morgan fingerprint density at radius 2 is 1.63 bits per heavy atom. The van der Waals surface area contributed by atoms with Crippen LogP contribution in [0.5, 0.6) is 0 Å². The maximum atomic E-state index is 13.2. The first-order valence-electron chi connectivity index (χ1n) is 20.9. The number of aryl methyl sites for hydroxylation is 1. The monoisotopic (exact) mass is 819 g/mol. The van der Waals surface area contributed by atoms with E-state index in [9.17, 15) is 24.0 Å². The van der Waals surface area contributed by atoms with Gasteiger partial charge in [-0.05, 0) is 114 Å². The minimum atomic E-state index is -0.463. The number of ether oxygens (including phenoxy) is 2. The summed E-state index contributed by atoms with van der Waals surface area (Å²) in [6.45, 7) is 9.58. The predicted molar refractivity (Wildman–Crippen MR) is 228 cm³/mol. The number of hydrogen-bond acceptors (Lipinski definition) is 10. The molecule has 0 aliphatic carbocycles. The molecule has 0 radical (unpaired) electrons. The van der Waals surface area contributed by atoms with E-state index in [4.69, 9.17) is 13.9 Å². The Hall–Kier alpha value is -4.89. The number of carbonyl (C=O) groups excluding carboxylic acids is 4. The summed E-state index contributed by atoms with van der Waals surface area (Å²) in [7, 11) is 5.43. The number of piperidine rings is 2. The van der Waals surface area contributed by atoms with Gasteiger partial charge in [0.15, 0.2) is 5.58 Å². The Bertz CT molecular complexity index is 1950. The second kappa shape index (κ2) is 20.9. The number of aromatic nitrogens is 1. The maximum absolute atomic E-state index is 13.2. The highest BCUT2D eigenvalue weighted by molar-refractivity contribution is 5.91. The molecular weight excluding hydrogens is 755 g/mol. The van der Waals surface area contributed by atoms with Crippen LogP contribution in [0.15, 0.2) is 45.6 Å². The van der Waals surface area contributed by atoms with Crippen LogP contribution in [0.4, 0.5) is 15.3 Å². The third-order valence-corrected chi connectivity index (χ3v) is 12.0. The molecule has 7 rings (SSSR count). The van der Waals surface area contributed by atoms with Crippen molar-refractivity contribution in [1.29, 1.82) is 0 Å². The standard InChI is InChI=1S/C27H40N4O5.C16H21N3O3.CH4/c1-18-15-20(17-23-24(18)28-27(34)36-23)16-19(2)25(32)30-12-8-21(9-13-30)31-11-5-7-22(31)26(33)35-14-6-10-29(3)4;1-22-16(21)18-9-7-13(8-10-18)19-11-6-12-4-2-3-5-14(12)17-15(19)20;/h15,17,19,21-22H,5-14,16H2,1-4H3,(H,28,34);2-5,13H,6-11H2,1H3,(H,17,20);1H4/t19-,22+;;/m1../s1. The molecule has 324 valence electrons. The van der Waals surface area contributed by atoms with E-state index in [-0.39, 0.29) is 49.4 Å². The van der Waals surface area contributed by atoms with Crippen molar-refractivity contribution in [3.8, 4) is 0 Å². The van der Waals surface area contributed by atoms with Crippen LogP contribution in [0.3, 0.4) is 0 Å². The summed E-state index contributed by atoms with van der Waals surface area (Å²) in [6.07, 6.45) is 7.21. The van der Waals surface area contributed by atoms with Gasteiger partial charge in [0.1, 0.15) is 6.04 Å². The third kappa shape index (κ3) is 11.4. The Labute approximate surface area is 348 Å². The summed E-state index contributed by atoms with van der Waals surface area (Å²) in [5, 5.41) is 3.00. The van der Waals surface area contributed by atoms with Crippen LogP contribution in [-0.2, 0) is 31.9 Å². The second-order valence-corrected chi connectivity index (χ2v) is 16.4. The molecule has 3 fully saturated rings. The average molecular weight is 820 g/mol. The molecule has 3 saturated heterocycles. The van der Waals surface area contributed by atoms with Gasteiger partial charge in [-0.3, -0.25) is 19.5 Å². The molecule has 0 saturated carbocycles. The SMILES string of the molecule is C.COC(=O)N1CCC(N2CCc3ccccc3NC2=O)CC1.Cc1cc(C[C@@H](C)C(=O)N2CCC(N3CCC[C@H]3C(=O)OCCCN(C)C)CC2)cc2oc(=O)[nH]c12. The molecule has 2 aromatic carbocycles. The number of hydrogen-bond donors (Lipinski definition) is 2. The molecule has 4 amide bonds. The summed E-state index contributed by atoms with van der Waals surface area (Å²) < 4.78 is 15.6. The fourth-order valence-corrected chi connectivity index (χ4v) is 8.94. The van der Waals surface area contributed by atoms with E-state index >= 15 is 0 Å². The highest BCUT2D eigenvalue weighted by atomic mass is 16.5. The van der Waals surface area contributed by atoms with E-state index in [2.05, 4.69) is 26.2 Å². The van der Waals surface area contributed by atoms with Gasteiger partial charge in [0, 0.05) is 63.0 Å². The molecule has 0 spiro atoms. The van der Waals surface area contributed by atoms with Crippen molar-refractivity contribution < 1.29 is 33.1 Å². The molecule has 5 heterocycles. The lowest BCUT2D eigenvalue weighted by Gasteiger charge is -2.39. The van der Waals surface area contributed by atoms with Gasteiger partial charge in [0.2, 0.25) is 5.91 Å². The molecule has 15 nitrogen and oxygen atoms in total. The van der Waals surface area contributed by atoms with E-state index < -0.39 is 5.76 Å². The van der Waals surface area contributed by atoms with E-state index in [1.807, 2.05) is 68.1 Å². The Morgan fingerprint density at radius 1 is 0.932 bits per heavy atom. The summed E-state index contributed by atoms with van der Waals surface area (Å²) in [5.41, 5.74) is 5.24. The van der Waals surface area contributed by atoms with Crippen LogP contribution in [0.25, 0.3) is 11.1 Å². The van der Waals surface area contributed by atoms with E-state index in [0.29, 0.717) is 62.9 Å². The highest BCUT2D eigenvalue weighted by Gasteiger charge is 2.38. The fourth-order valence-electron chi connectivity index (χ4n) is 8.94. The van der Waals surface area contributed by atoms with Crippen molar-refractivity contribution >= 4 is 40.8 Å². The summed E-state index contributed by atoms with van der Waals surface area (Å²) in [6, 6.07) is 12.1. The molecule has 4 aliphatic rings. The van der Waals surface area contributed by atoms with E-state index in [1.54, 1.807) is 4.90 Å². The Balaban J connectivity index is 0.000000246. The summed E-state index contributed by atoms with van der Waals surface area (Å²) >= 11 is 0. The first kappa shape index (κ1) is 45.2. The van der Waals surface area contributed by atoms with Gasteiger partial charge in [-0.25, -0.2) is 14.4 Å². The van der Waals surface area contributed by atoms with E-state index in [0.717, 1.165) is 81.3 Å². The second-order valence-electron chi connectivity index (χ2n) is 16.4. The van der Waals surface area contributed by atoms with Crippen LogP contribution in [-0.4, -0.2) is 145 Å². The number of esters is 1. The zero-order valence-corrected chi connectivity index (χ0v) is 34.8. The van der Waals surface area contributed by atoms with Crippen molar-refractivity contribution in [2.24, 2.45) is 5.92 Å². The number of urea groups is 1. The number of rotatable bonds is 10. The number of H-pyrrole nitrogens is 1. The molecule has 2 N–H and O–H groups in total. The summed E-state index contributed by atoms with van der Waals surface area (Å²) in [4.78, 5) is 74.1. The van der Waals surface area contributed by atoms with Crippen LogP contribution in [0.1, 0.15) is 76.0 Å². The van der Waals surface area contributed by atoms with Crippen molar-refractivity contribution in [1.82, 2.24) is 29.5 Å². The number of methoxy groups -OCH3 is 1. The van der Waals surface area contributed by atoms with Crippen molar-refractivity contribution in [2.75, 3.05) is 78.9 Å². The van der Waals surface area contributed by atoms with Gasteiger partial charge < -0.3 is 38.8 Å². The predicted octanol–water partition coefficient (Wildman–Crippen LogP) is 5.50. The molecule has 2 atom stereocenters. The van der Waals surface area contributed by atoms with Gasteiger partial charge in [0.25, 0.3) is 0 Å². The molecular formula is C44H65N7O8. The Morgan fingerprint density at radius 3 is 2.34 bits per heavy atom. The lowest BCUT2D eigenvalue weighted by atomic mass is 9.96. The first-order chi connectivity index (χ1) is 27.9. The van der Waals surface area contributed by atoms with Gasteiger partial charge in [0.05, 0.1) is 19.2 Å². The number of likely N-dealkylation sites (tertiary alicyclic amines) is 3. The minimum absolute atomic E-state index is 0. The number of anilines is 1. The van der Waals surface area contributed by atoms with Gasteiger partial charge in [-0.2, -0.15) is 0 Å². The molecule has 4 aliphatic heterocycles. The van der Waals surface area contributed by atoms with Crippen molar-refractivity contribution in [3.63, 3.8) is 0 Å². The molecule has 0 unspecified atom stereocenters. The number of nitrogens with one attached hydrogen (secondary N) is 2. The van der Waals surface area contributed by atoms with Crippen LogP contribution < -0.4 is 11.1 Å². The lowest BCUT2D eigenvalue weighted by molar-refractivity contribution is -0.151. The highest BCUT2D eigenvalue weighted by Crippen LogP contribution is 2.29. The van der Waals surface area contributed by atoms with Gasteiger partial charge in [-0.1, -0.05) is 38.6 Å². The number of oxazole rings is 1. The van der Waals surface area contributed by atoms with Crippen molar-refractivity contribution in [2.45, 2.75) is 97.2 Å². The molecule has 15 heteroatoms. The number of carbonyl (C=O) groups is 4. The number of benzene rings is 2. The van der Waals surface area contributed by atoms with Crippen molar-refractivity contribution in [3.05, 3.63) is 63.6 Å². The van der Waals surface area contributed by atoms with Gasteiger partial charge in [-0.15, -0.1) is 0 Å². The normalized spacial score (nSPS) is 19.6. The van der Waals surface area contributed by atoms with Gasteiger partial charge >= 0.3 is 23.8 Å². The minimum Gasteiger partial charge on any atom is -0.464 e. The number of fused-ring (bicyclic) bond motifs is 2. The van der Waals surface area contributed by atoms with Crippen LogP contribution in [0.2, 0.25) is 0 Å². The quantitative estimate of drug-likeness (QED) is 0.198. The molecule has 3 aromatic rings. The topological polar surface area (TPSA) is 161 Å². The van der Waals surface area contributed by atoms with E-state index in [1.165, 1.54) is 12.7 Å². The zero-order valence-electron chi connectivity index (χ0n) is 34.8. The molecule has 59 heavy (non-hydrogen) atoms. The smallest absolute Gasteiger partial charge is 0.417 e.